The average Bonchev–Trinajstić information content (AvgIpc) is 2.86. The van der Waals surface area contributed by atoms with E-state index in [1.54, 1.807) is 6.33 Å². The van der Waals surface area contributed by atoms with Gasteiger partial charge in [-0.25, -0.2) is 9.67 Å². The second-order valence-electron chi connectivity index (χ2n) is 7.65. The van der Waals surface area contributed by atoms with Crippen molar-refractivity contribution in [1.29, 1.82) is 0 Å². The number of nitrogens with zero attached hydrogens (tertiary/aromatic N) is 3. The number of hydrogen-bond donors (Lipinski definition) is 1. The lowest BCUT2D eigenvalue weighted by Crippen LogP contribution is -2.36. The van der Waals surface area contributed by atoms with E-state index in [1.165, 1.54) is 19.3 Å². The van der Waals surface area contributed by atoms with Gasteiger partial charge in [-0.05, 0) is 69.2 Å². The van der Waals surface area contributed by atoms with Crippen LogP contribution >= 0.6 is 0 Å². The van der Waals surface area contributed by atoms with Gasteiger partial charge in [-0.1, -0.05) is 6.92 Å². The van der Waals surface area contributed by atoms with Gasteiger partial charge < -0.3 is 5.32 Å². The molecule has 5 unspecified atom stereocenters. The van der Waals surface area contributed by atoms with Crippen molar-refractivity contribution in [3.63, 3.8) is 0 Å². The van der Waals surface area contributed by atoms with Crippen molar-refractivity contribution in [2.75, 3.05) is 6.54 Å². The summed E-state index contributed by atoms with van der Waals surface area (Å²) in [7, 11) is 0. The monoisotopic (exact) mass is 288 g/mol. The van der Waals surface area contributed by atoms with Crippen LogP contribution in [0.25, 0.3) is 0 Å². The van der Waals surface area contributed by atoms with Gasteiger partial charge in [0.05, 0.1) is 0 Å². The molecule has 21 heavy (non-hydrogen) atoms. The molecule has 1 aromatic heterocycles. The summed E-state index contributed by atoms with van der Waals surface area (Å²) in [6.45, 7) is 7.66. The molecule has 0 aromatic carbocycles. The molecule has 3 saturated carbocycles. The van der Waals surface area contributed by atoms with Crippen LogP contribution in [0.4, 0.5) is 0 Å². The molecule has 0 radical (unpaired) electrons. The molecule has 0 saturated heterocycles. The second kappa shape index (κ2) is 5.08. The number of nitrogens with one attached hydrogen (secondary N) is 1. The van der Waals surface area contributed by atoms with E-state index in [0.717, 1.165) is 48.4 Å². The van der Waals surface area contributed by atoms with Gasteiger partial charge in [0.15, 0.2) is 0 Å². The zero-order chi connectivity index (χ0) is 14.6. The summed E-state index contributed by atoms with van der Waals surface area (Å²) in [6.07, 6.45) is 7.30. The molecule has 3 aliphatic carbocycles. The fraction of sp³-hybridized carbons (Fsp3) is 0.882. The summed E-state index contributed by atoms with van der Waals surface area (Å²) in [5.41, 5.74) is 0. The lowest BCUT2D eigenvalue weighted by atomic mass is 9.95. The maximum Gasteiger partial charge on any atom is 0.138 e. The molecule has 5 atom stereocenters. The first kappa shape index (κ1) is 13.7. The average molecular weight is 288 g/mol. The van der Waals surface area contributed by atoms with E-state index in [0.29, 0.717) is 12.1 Å². The van der Waals surface area contributed by atoms with Crippen molar-refractivity contribution >= 4 is 0 Å². The quantitative estimate of drug-likeness (QED) is 0.875. The number of fused-ring (bicyclic) bond motifs is 5. The number of aromatic nitrogens is 3. The molecule has 0 amide bonds. The van der Waals surface area contributed by atoms with Crippen molar-refractivity contribution in [3.8, 4) is 0 Å². The standard InChI is InChI=1S/C17H28N4/c1-4-18-13(8-14-19-9-20-21(14)10(2)3)17-15-11-5-6-12(7-11)16(15)17/h9-13,15-18H,4-8H2,1-3H3. The Balaban J connectivity index is 1.50. The Bertz CT molecular complexity index is 493. The summed E-state index contributed by atoms with van der Waals surface area (Å²) in [4.78, 5) is 4.53. The highest BCUT2D eigenvalue weighted by Gasteiger charge is 2.66. The molecule has 4 rings (SSSR count). The van der Waals surface area contributed by atoms with Crippen LogP contribution in [0.1, 0.15) is 51.9 Å². The van der Waals surface area contributed by atoms with E-state index in [9.17, 15) is 0 Å². The lowest BCUT2D eigenvalue weighted by Gasteiger charge is -2.22. The molecule has 1 heterocycles. The van der Waals surface area contributed by atoms with Crippen molar-refractivity contribution in [2.24, 2.45) is 29.6 Å². The van der Waals surface area contributed by atoms with Crippen LogP contribution in [0.2, 0.25) is 0 Å². The lowest BCUT2D eigenvalue weighted by molar-refractivity contribution is 0.354. The van der Waals surface area contributed by atoms with Gasteiger partial charge in [0.2, 0.25) is 0 Å². The Kier molecular flexibility index (Phi) is 3.32. The second-order valence-corrected chi connectivity index (χ2v) is 7.65. The molecular weight excluding hydrogens is 260 g/mol. The van der Waals surface area contributed by atoms with Crippen LogP contribution in [0.3, 0.4) is 0 Å². The van der Waals surface area contributed by atoms with Crippen molar-refractivity contribution in [1.82, 2.24) is 20.1 Å². The SMILES string of the molecule is CCNC(Cc1ncnn1C(C)C)C1C2C3CCC(C3)C21. The molecule has 4 nitrogen and oxygen atoms in total. The zero-order valence-corrected chi connectivity index (χ0v) is 13.5. The largest absolute Gasteiger partial charge is 0.314 e. The third kappa shape index (κ3) is 2.14. The molecule has 3 aliphatic rings. The molecule has 4 heteroatoms. The van der Waals surface area contributed by atoms with E-state index >= 15 is 0 Å². The van der Waals surface area contributed by atoms with Crippen molar-refractivity contribution < 1.29 is 0 Å². The normalized spacial score (nSPS) is 38.0. The van der Waals surface area contributed by atoms with Crippen LogP contribution < -0.4 is 5.32 Å². The van der Waals surface area contributed by atoms with Crippen molar-refractivity contribution in [3.05, 3.63) is 12.2 Å². The summed E-state index contributed by atoms with van der Waals surface area (Å²) in [6, 6.07) is 1.01. The van der Waals surface area contributed by atoms with Gasteiger partial charge in [0.25, 0.3) is 0 Å². The zero-order valence-electron chi connectivity index (χ0n) is 13.5. The predicted molar refractivity (Wildman–Crippen MR) is 82.9 cm³/mol. The topological polar surface area (TPSA) is 42.7 Å². The van der Waals surface area contributed by atoms with E-state index in [4.69, 9.17) is 0 Å². The molecule has 1 aromatic rings. The van der Waals surface area contributed by atoms with E-state index < -0.39 is 0 Å². The van der Waals surface area contributed by atoms with E-state index in [1.807, 2.05) is 0 Å². The summed E-state index contributed by atoms with van der Waals surface area (Å²) in [5.74, 6) is 6.23. The summed E-state index contributed by atoms with van der Waals surface area (Å²) >= 11 is 0. The van der Waals surface area contributed by atoms with Crippen LogP contribution in [0.5, 0.6) is 0 Å². The van der Waals surface area contributed by atoms with Crippen LogP contribution in [-0.2, 0) is 6.42 Å². The van der Waals surface area contributed by atoms with Gasteiger partial charge in [-0.15, -0.1) is 0 Å². The fourth-order valence-corrected chi connectivity index (χ4v) is 5.59. The van der Waals surface area contributed by atoms with Crippen molar-refractivity contribution in [2.45, 2.75) is 58.5 Å². The summed E-state index contributed by atoms with van der Waals surface area (Å²) < 4.78 is 2.09. The molecular formula is C17H28N4. The maximum absolute atomic E-state index is 4.53. The fourth-order valence-electron chi connectivity index (χ4n) is 5.59. The Morgan fingerprint density at radius 2 is 2.00 bits per heavy atom. The molecule has 2 bridgehead atoms. The first-order valence-electron chi connectivity index (χ1n) is 8.82. The smallest absolute Gasteiger partial charge is 0.138 e. The number of likely N-dealkylation sites (N-methyl/N-ethyl adjacent to an activating group) is 1. The minimum atomic E-state index is 0.402. The Labute approximate surface area is 127 Å². The predicted octanol–water partition coefficient (Wildman–Crippen LogP) is 2.67. The van der Waals surface area contributed by atoms with Gasteiger partial charge >= 0.3 is 0 Å². The first-order valence-corrected chi connectivity index (χ1v) is 8.82. The van der Waals surface area contributed by atoms with Gasteiger partial charge in [0, 0.05) is 18.5 Å². The van der Waals surface area contributed by atoms with Crippen LogP contribution in [0.15, 0.2) is 6.33 Å². The minimum Gasteiger partial charge on any atom is -0.314 e. The van der Waals surface area contributed by atoms with Gasteiger partial charge in [0.1, 0.15) is 12.2 Å². The highest BCUT2D eigenvalue weighted by Crippen LogP contribution is 2.70. The molecule has 116 valence electrons. The minimum absolute atomic E-state index is 0.402. The highest BCUT2D eigenvalue weighted by molar-refractivity contribution is 5.16. The van der Waals surface area contributed by atoms with Crippen LogP contribution in [-0.4, -0.2) is 27.4 Å². The highest BCUT2D eigenvalue weighted by atomic mass is 15.3. The number of rotatable bonds is 6. The van der Waals surface area contributed by atoms with Gasteiger partial charge in [-0.3, -0.25) is 0 Å². The Hall–Kier alpha value is -0.900. The Morgan fingerprint density at radius 1 is 1.29 bits per heavy atom. The molecule has 1 N–H and O–H groups in total. The summed E-state index contributed by atoms with van der Waals surface area (Å²) in [5, 5.41) is 8.17. The number of hydrogen-bond acceptors (Lipinski definition) is 3. The maximum atomic E-state index is 4.53. The van der Waals surface area contributed by atoms with Gasteiger partial charge in [-0.2, -0.15) is 5.10 Å². The first-order chi connectivity index (χ1) is 10.2. The molecule has 3 fully saturated rings. The van der Waals surface area contributed by atoms with Crippen LogP contribution in [0, 0.1) is 29.6 Å². The third-order valence-electron chi connectivity index (χ3n) is 6.26. The van der Waals surface area contributed by atoms with E-state index in [2.05, 4.69) is 40.9 Å². The molecule has 0 spiro atoms. The Morgan fingerprint density at radius 3 is 2.62 bits per heavy atom. The van der Waals surface area contributed by atoms with E-state index in [-0.39, 0.29) is 0 Å². The third-order valence-corrected chi connectivity index (χ3v) is 6.26. The molecule has 0 aliphatic heterocycles.